The predicted molar refractivity (Wildman–Crippen MR) is 179 cm³/mol. The molecule has 1 heterocycles. The van der Waals surface area contributed by atoms with Crippen molar-refractivity contribution in [3.63, 3.8) is 0 Å². The number of rotatable bonds is 26. The SMILES string of the molecule is COCCOCCOCCOCCOCCOCCNC(=O)c1cc(CO)ccc1O[C@@H]1O[C@H](C(=O)OC)[C@@H](OC(C)=O)[C@H](OC(C)=O)[C@H]1OC(C)=O. The van der Waals surface area contributed by atoms with Gasteiger partial charge in [0, 0.05) is 34.4 Å². The smallest absolute Gasteiger partial charge is 0.339 e. The molecule has 19 heteroatoms. The monoisotopic (exact) mass is 761 g/mol. The lowest BCUT2D eigenvalue weighted by Crippen LogP contribution is -2.64. The fraction of sp³-hybridized carbons (Fsp3) is 0.676. The first-order valence-corrected chi connectivity index (χ1v) is 16.8. The number of carbonyl (C=O) groups excluding carboxylic acids is 5. The van der Waals surface area contributed by atoms with Gasteiger partial charge in [0.1, 0.15) is 5.75 Å². The van der Waals surface area contributed by atoms with Crippen LogP contribution in [0, 0.1) is 0 Å². The number of hydrogen-bond acceptors (Lipinski definition) is 18. The molecule has 1 amide bonds. The molecule has 1 aliphatic rings. The van der Waals surface area contributed by atoms with Crippen LogP contribution in [0.4, 0.5) is 0 Å². The zero-order valence-electron chi connectivity index (χ0n) is 30.7. The van der Waals surface area contributed by atoms with Crippen molar-refractivity contribution >= 4 is 29.8 Å². The lowest BCUT2D eigenvalue weighted by atomic mass is 9.97. The Kier molecular flexibility index (Phi) is 22.1. The van der Waals surface area contributed by atoms with Crippen molar-refractivity contribution in [1.82, 2.24) is 5.32 Å². The number of aliphatic hydroxyl groups excluding tert-OH is 1. The molecule has 53 heavy (non-hydrogen) atoms. The summed E-state index contributed by atoms with van der Waals surface area (Å²) in [6.45, 7) is 7.16. The van der Waals surface area contributed by atoms with Gasteiger partial charge in [-0.25, -0.2) is 4.79 Å². The molecule has 0 radical (unpaired) electrons. The van der Waals surface area contributed by atoms with Gasteiger partial charge < -0.3 is 67.3 Å². The molecule has 1 aliphatic heterocycles. The normalized spacial score (nSPS) is 19.5. The Morgan fingerprint density at radius 3 is 1.66 bits per heavy atom. The summed E-state index contributed by atoms with van der Waals surface area (Å²) in [5.74, 6) is -4.35. The Labute approximate surface area is 307 Å². The van der Waals surface area contributed by atoms with Crippen molar-refractivity contribution in [2.75, 3.05) is 93.4 Å². The molecular formula is C34H51NO18. The minimum absolute atomic E-state index is 0.0633. The van der Waals surface area contributed by atoms with Crippen LogP contribution in [-0.4, -0.2) is 159 Å². The number of hydrogen-bond donors (Lipinski definition) is 2. The molecule has 0 spiro atoms. The van der Waals surface area contributed by atoms with E-state index in [4.69, 9.17) is 56.8 Å². The first kappa shape index (κ1) is 45.2. The molecule has 1 aromatic rings. The largest absolute Gasteiger partial charge is 0.467 e. The van der Waals surface area contributed by atoms with Gasteiger partial charge in [0.15, 0.2) is 18.3 Å². The van der Waals surface area contributed by atoms with E-state index in [0.717, 1.165) is 27.9 Å². The highest BCUT2D eigenvalue weighted by atomic mass is 16.7. The van der Waals surface area contributed by atoms with E-state index >= 15 is 0 Å². The van der Waals surface area contributed by atoms with Crippen molar-refractivity contribution in [2.24, 2.45) is 0 Å². The summed E-state index contributed by atoms with van der Waals surface area (Å²) in [5.41, 5.74) is 0.295. The summed E-state index contributed by atoms with van der Waals surface area (Å²) in [5, 5.41) is 12.4. The van der Waals surface area contributed by atoms with E-state index in [2.05, 4.69) is 5.32 Å². The molecule has 19 nitrogen and oxygen atoms in total. The minimum atomic E-state index is -1.70. The molecule has 0 bridgehead atoms. The fourth-order valence-electron chi connectivity index (χ4n) is 4.71. The molecule has 0 unspecified atom stereocenters. The summed E-state index contributed by atoms with van der Waals surface area (Å²) in [4.78, 5) is 62.2. The van der Waals surface area contributed by atoms with Crippen molar-refractivity contribution in [2.45, 2.75) is 58.1 Å². The van der Waals surface area contributed by atoms with Gasteiger partial charge in [-0.1, -0.05) is 6.07 Å². The lowest BCUT2D eigenvalue weighted by Gasteiger charge is -2.43. The summed E-state index contributed by atoms with van der Waals surface area (Å²) >= 11 is 0. The average molecular weight is 762 g/mol. The lowest BCUT2D eigenvalue weighted by molar-refractivity contribution is -0.282. The van der Waals surface area contributed by atoms with Crippen LogP contribution in [0.15, 0.2) is 18.2 Å². The van der Waals surface area contributed by atoms with Crippen LogP contribution in [0.5, 0.6) is 5.75 Å². The van der Waals surface area contributed by atoms with E-state index in [1.807, 2.05) is 0 Å². The topological polar surface area (TPSA) is 228 Å². The van der Waals surface area contributed by atoms with Crippen molar-refractivity contribution in [3.05, 3.63) is 29.3 Å². The Hall–Kier alpha value is -3.95. The number of aliphatic hydroxyl groups is 1. The number of nitrogens with one attached hydrogen (secondary N) is 1. The second kappa shape index (κ2) is 25.9. The first-order chi connectivity index (χ1) is 25.5. The zero-order valence-corrected chi connectivity index (χ0v) is 30.7. The molecule has 5 atom stereocenters. The maximum absolute atomic E-state index is 13.3. The van der Waals surface area contributed by atoms with Crippen LogP contribution in [0.1, 0.15) is 36.7 Å². The molecular weight excluding hydrogens is 710 g/mol. The van der Waals surface area contributed by atoms with E-state index in [0.29, 0.717) is 65.0 Å². The number of methoxy groups -OCH3 is 2. The second-order valence-corrected chi connectivity index (χ2v) is 11.1. The number of benzene rings is 1. The van der Waals surface area contributed by atoms with Gasteiger partial charge in [0.25, 0.3) is 5.91 Å². The van der Waals surface area contributed by atoms with Gasteiger partial charge in [-0.2, -0.15) is 0 Å². The summed E-state index contributed by atoms with van der Waals surface area (Å²) in [6, 6.07) is 4.17. The number of esters is 4. The molecule has 2 N–H and O–H groups in total. The third kappa shape index (κ3) is 17.2. The quantitative estimate of drug-likeness (QED) is 0.0702. The second-order valence-electron chi connectivity index (χ2n) is 11.1. The van der Waals surface area contributed by atoms with E-state index in [1.165, 1.54) is 18.2 Å². The molecule has 1 aromatic carbocycles. The van der Waals surface area contributed by atoms with Crippen molar-refractivity contribution in [1.29, 1.82) is 0 Å². The zero-order chi connectivity index (χ0) is 39.0. The highest BCUT2D eigenvalue weighted by molar-refractivity contribution is 5.97. The molecule has 300 valence electrons. The molecule has 0 aromatic heterocycles. The fourth-order valence-corrected chi connectivity index (χ4v) is 4.71. The van der Waals surface area contributed by atoms with Crippen LogP contribution in [0.2, 0.25) is 0 Å². The van der Waals surface area contributed by atoms with Crippen molar-refractivity contribution < 1.29 is 85.9 Å². The Balaban J connectivity index is 1.94. The van der Waals surface area contributed by atoms with Gasteiger partial charge in [-0.15, -0.1) is 0 Å². The Morgan fingerprint density at radius 1 is 0.679 bits per heavy atom. The van der Waals surface area contributed by atoms with E-state index in [9.17, 15) is 29.1 Å². The highest BCUT2D eigenvalue weighted by Gasteiger charge is 2.56. The van der Waals surface area contributed by atoms with E-state index in [-0.39, 0.29) is 31.1 Å². The third-order valence-electron chi connectivity index (χ3n) is 7.00. The van der Waals surface area contributed by atoms with Crippen LogP contribution in [0.25, 0.3) is 0 Å². The summed E-state index contributed by atoms with van der Waals surface area (Å²) in [6.07, 6.45) is -8.17. The van der Waals surface area contributed by atoms with Gasteiger partial charge >= 0.3 is 23.9 Å². The molecule has 2 rings (SSSR count). The highest BCUT2D eigenvalue weighted by Crippen LogP contribution is 2.32. The Morgan fingerprint density at radius 2 is 1.17 bits per heavy atom. The standard InChI is InChI=1S/C34H51NO18/c1-22(37)49-28-29(50-23(2)38)31(51-24(3)39)34(53-30(28)33(41)43-5)52-27-7-6-25(21-36)20-26(27)32(40)35-8-9-44-12-13-46-16-17-48-19-18-47-15-14-45-11-10-42-4/h6-7,20,28-31,34,36H,8-19,21H2,1-5H3,(H,35,40)/t28-,29-,30-,31+,34+/m0/s1. The molecule has 1 fully saturated rings. The van der Waals surface area contributed by atoms with Gasteiger partial charge in [0.2, 0.25) is 12.4 Å². The maximum Gasteiger partial charge on any atom is 0.339 e. The van der Waals surface area contributed by atoms with Gasteiger partial charge in [-0.05, 0) is 17.7 Å². The third-order valence-corrected chi connectivity index (χ3v) is 7.00. The average Bonchev–Trinajstić information content (AvgIpc) is 3.12. The molecule has 0 aliphatic carbocycles. The first-order valence-electron chi connectivity index (χ1n) is 16.8. The van der Waals surface area contributed by atoms with Crippen LogP contribution in [-0.2, 0) is 77.9 Å². The summed E-state index contributed by atoms with van der Waals surface area (Å²) in [7, 11) is 2.66. The Bertz CT molecular complexity index is 1280. The van der Waals surface area contributed by atoms with Crippen molar-refractivity contribution in [3.8, 4) is 5.75 Å². The van der Waals surface area contributed by atoms with Crippen LogP contribution >= 0.6 is 0 Å². The van der Waals surface area contributed by atoms with E-state index in [1.54, 1.807) is 7.11 Å². The molecule has 1 saturated heterocycles. The number of carbonyl (C=O) groups is 5. The van der Waals surface area contributed by atoms with Gasteiger partial charge in [-0.3, -0.25) is 19.2 Å². The predicted octanol–water partition coefficient (Wildman–Crippen LogP) is -0.290. The molecule has 0 saturated carbocycles. The van der Waals surface area contributed by atoms with Crippen LogP contribution in [0.3, 0.4) is 0 Å². The number of amides is 1. The summed E-state index contributed by atoms with van der Waals surface area (Å²) < 4.78 is 64.6. The van der Waals surface area contributed by atoms with Crippen LogP contribution < -0.4 is 10.1 Å². The minimum Gasteiger partial charge on any atom is -0.467 e. The van der Waals surface area contributed by atoms with E-state index < -0.39 is 67.1 Å². The van der Waals surface area contributed by atoms with Gasteiger partial charge in [0.05, 0.1) is 92.0 Å². The number of ether oxygens (including phenoxy) is 12. The maximum atomic E-state index is 13.3.